The molecule has 2 aromatic heterocycles. The van der Waals surface area contributed by atoms with Gasteiger partial charge in [-0.25, -0.2) is 0 Å². The second-order valence-electron chi connectivity index (χ2n) is 7.62. The maximum absolute atomic E-state index is 5.91. The largest absolute Gasteiger partial charge is 0.494 e. The van der Waals surface area contributed by atoms with Crippen LogP contribution in [0.2, 0.25) is 0 Å². The molecule has 0 saturated carbocycles. The first-order chi connectivity index (χ1) is 17.2. The average Bonchev–Trinajstić information content (AvgIpc) is 3.29. The van der Waals surface area contributed by atoms with Crippen LogP contribution in [-0.4, -0.2) is 21.2 Å². The van der Waals surface area contributed by atoms with Crippen molar-refractivity contribution in [1.82, 2.24) is 14.6 Å². The average molecular weight is 485 g/mol. The van der Waals surface area contributed by atoms with E-state index in [1.165, 1.54) is 0 Å². The topological polar surface area (TPSA) is 65.4 Å². The Morgan fingerprint density at radius 3 is 2.74 bits per heavy atom. The molecule has 0 aliphatic rings. The Kier molecular flexibility index (Phi) is 10.4. The lowest BCUT2D eigenvalue weighted by Crippen LogP contribution is -1.98. The highest BCUT2D eigenvalue weighted by molar-refractivity contribution is 7.99. The van der Waals surface area contributed by atoms with E-state index in [9.17, 15) is 0 Å². The lowest BCUT2D eigenvalue weighted by atomic mass is 10.2. The van der Waals surface area contributed by atoms with Gasteiger partial charge in [-0.1, -0.05) is 79.1 Å². The fraction of sp³-hybridized carbons (Fsp3) is 0.172. The van der Waals surface area contributed by atoms with Crippen molar-refractivity contribution in [3.63, 3.8) is 0 Å². The third-order valence-electron chi connectivity index (χ3n) is 5.01. The lowest BCUT2D eigenvalue weighted by molar-refractivity contribution is 0.250. The predicted molar refractivity (Wildman–Crippen MR) is 147 cm³/mol. The fourth-order valence-electron chi connectivity index (χ4n) is 3.29. The number of fused-ring (bicyclic) bond motifs is 1. The molecule has 3 aromatic rings. The number of allylic oxidation sites excluding steroid dienone is 10. The normalized spacial score (nSPS) is 13.0. The Morgan fingerprint density at radius 2 is 1.94 bits per heavy atom. The molecule has 180 valence electrons. The number of hydrogen-bond donors (Lipinski definition) is 1. The number of rotatable bonds is 12. The molecule has 0 aliphatic carbocycles. The molecule has 3 rings (SSSR count). The summed E-state index contributed by atoms with van der Waals surface area (Å²) in [4.78, 5) is 2.21. The standard InChI is InChI=1S/C29H32N4OS/c1-4-6-7-8-9-10-13-19-34-23(3)20-24(14-5-2)29-32-31-28-18-17-26(22-33(28)29)35-27-16-12-11-15-25(27)21-30/h4-6,8-18,20,22H,2,7,19,21,30H2,1,3H3/b6-4-,9-8-,13-10+,23-20+,24-14+. The minimum Gasteiger partial charge on any atom is -0.494 e. The van der Waals surface area contributed by atoms with Crippen molar-refractivity contribution in [2.45, 2.75) is 36.6 Å². The summed E-state index contributed by atoms with van der Waals surface area (Å²) >= 11 is 1.67. The molecule has 0 saturated heterocycles. The molecule has 0 atom stereocenters. The van der Waals surface area contributed by atoms with Crippen LogP contribution in [0.15, 0.2) is 119 Å². The van der Waals surface area contributed by atoms with Gasteiger partial charge < -0.3 is 10.5 Å². The van der Waals surface area contributed by atoms with E-state index >= 15 is 0 Å². The molecule has 0 aliphatic heterocycles. The smallest absolute Gasteiger partial charge is 0.168 e. The van der Waals surface area contributed by atoms with Crippen molar-refractivity contribution in [1.29, 1.82) is 0 Å². The fourth-order valence-corrected chi connectivity index (χ4v) is 4.26. The van der Waals surface area contributed by atoms with Crippen molar-refractivity contribution in [3.05, 3.63) is 121 Å². The summed E-state index contributed by atoms with van der Waals surface area (Å²) in [6, 6.07) is 12.2. The van der Waals surface area contributed by atoms with Gasteiger partial charge in [0.2, 0.25) is 0 Å². The van der Waals surface area contributed by atoms with Crippen LogP contribution in [0.5, 0.6) is 0 Å². The van der Waals surface area contributed by atoms with Gasteiger partial charge in [0, 0.05) is 28.1 Å². The van der Waals surface area contributed by atoms with Crippen LogP contribution >= 0.6 is 11.8 Å². The second-order valence-corrected chi connectivity index (χ2v) is 8.73. The Balaban J connectivity index is 1.77. The lowest BCUT2D eigenvalue weighted by Gasteiger charge is -2.09. The van der Waals surface area contributed by atoms with Gasteiger partial charge in [-0.3, -0.25) is 4.40 Å². The third kappa shape index (κ3) is 7.70. The SMILES string of the molecule is C=C/C=C(\C=C(/C)OC/C=C/C=C\C/C=C\C)c1nnc2ccc(Sc3ccccc3CN)cn12. The highest BCUT2D eigenvalue weighted by atomic mass is 32.2. The number of benzene rings is 1. The summed E-state index contributed by atoms with van der Waals surface area (Å²) in [5, 5.41) is 8.78. The molecule has 1 aromatic carbocycles. The minimum atomic E-state index is 0.486. The zero-order valence-corrected chi connectivity index (χ0v) is 21.1. The third-order valence-corrected chi connectivity index (χ3v) is 6.10. The first-order valence-electron chi connectivity index (χ1n) is 11.5. The van der Waals surface area contributed by atoms with Crippen molar-refractivity contribution in [2.75, 3.05) is 6.61 Å². The summed E-state index contributed by atoms with van der Waals surface area (Å²) in [5.41, 5.74) is 8.67. The zero-order chi connectivity index (χ0) is 24.9. The summed E-state index contributed by atoms with van der Waals surface area (Å²) in [5.74, 6) is 1.50. The minimum absolute atomic E-state index is 0.486. The predicted octanol–water partition coefficient (Wildman–Crippen LogP) is 6.91. The first kappa shape index (κ1) is 26.0. The molecule has 0 amide bonds. The molecule has 35 heavy (non-hydrogen) atoms. The Bertz CT molecular complexity index is 1280. The molecule has 0 fully saturated rings. The number of hydrogen-bond acceptors (Lipinski definition) is 5. The molecule has 6 heteroatoms. The van der Waals surface area contributed by atoms with Crippen LogP contribution in [0.3, 0.4) is 0 Å². The Labute approximate surface area is 212 Å². The van der Waals surface area contributed by atoms with Gasteiger partial charge in [0.1, 0.15) is 6.61 Å². The zero-order valence-electron chi connectivity index (χ0n) is 20.3. The Morgan fingerprint density at radius 1 is 1.11 bits per heavy atom. The summed E-state index contributed by atoms with van der Waals surface area (Å²) in [6.07, 6.45) is 20.8. The van der Waals surface area contributed by atoms with Crippen LogP contribution < -0.4 is 5.73 Å². The van der Waals surface area contributed by atoms with Gasteiger partial charge in [0.05, 0.1) is 5.76 Å². The van der Waals surface area contributed by atoms with E-state index in [2.05, 4.69) is 41.1 Å². The number of aromatic nitrogens is 3. The van der Waals surface area contributed by atoms with E-state index < -0.39 is 0 Å². The van der Waals surface area contributed by atoms with Gasteiger partial charge in [-0.2, -0.15) is 0 Å². The van der Waals surface area contributed by atoms with Gasteiger partial charge >= 0.3 is 0 Å². The second kappa shape index (κ2) is 13.9. The van der Waals surface area contributed by atoms with E-state index in [-0.39, 0.29) is 0 Å². The van der Waals surface area contributed by atoms with Crippen molar-refractivity contribution >= 4 is 23.0 Å². The van der Waals surface area contributed by atoms with Gasteiger partial charge in [0.15, 0.2) is 11.5 Å². The molecule has 0 spiro atoms. The maximum Gasteiger partial charge on any atom is 0.168 e. The van der Waals surface area contributed by atoms with E-state index in [1.54, 1.807) is 17.8 Å². The van der Waals surface area contributed by atoms with Crippen LogP contribution in [0.25, 0.3) is 11.2 Å². The molecule has 0 radical (unpaired) electrons. The highest BCUT2D eigenvalue weighted by Crippen LogP contribution is 2.31. The summed E-state index contributed by atoms with van der Waals surface area (Å²) < 4.78 is 7.85. The van der Waals surface area contributed by atoms with Gasteiger partial charge in [-0.05, 0) is 56.2 Å². The van der Waals surface area contributed by atoms with Crippen molar-refractivity contribution in [2.24, 2.45) is 5.73 Å². The van der Waals surface area contributed by atoms with Crippen LogP contribution in [-0.2, 0) is 11.3 Å². The van der Waals surface area contributed by atoms with Crippen LogP contribution in [0, 0.1) is 0 Å². The molecule has 5 nitrogen and oxygen atoms in total. The van der Waals surface area contributed by atoms with Crippen molar-refractivity contribution < 1.29 is 4.74 Å². The maximum atomic E-state index is 5.91. The number of pyridine rings is 1. The van der Waals surface area contributed by atoms with Gasteiger partial charge in [0.25, 0.3) is 0 Å². The van der Waals surface area contributed by atoms with E-state index in [0.717, 1.165) is 44.6 Å². The summed E-state index contributed by atoms with van der Waals surface area (Å²) in [7, 11) is 0. The highest BCUT2D eigenvalue weighted by Gasteiger charge is 2.11. The number of nitrogens with two attached hydrogens (primary N) is 1. The number of nitrogens with zero attached hydrogens (tertiary/aromatic N) is 3. The number of ether oxygens (including phenoxy) is 1. The van der Waals surface area contributed by atoms with Crippen LogP contribution in [0.1, 0.15) is 31.7 Å². The first-order valence-corrected chi connectivity index (χ1v) is 12.4. The molecule has 2 N–H and O–H groups in total. The van der Waals surface area contributed by atoms with Gasteiger partial charge in [-0.15, -0.1) is 10.2 Å². The molecular weight excluding hydrogens is 452 g/mol. The Hall–Kier alpha value is -3.61. The quantitative estimate of drug-likeness (QED) is 0.172. The molecule has 0 unspecified atom stereocenters. The molecular formula is C29H32N4OS. The van der Waals surface area contributed by atoms with E-state index in [1.807, 2.05) is 85.2 Å². The van der Waals surface area contributed by atoms with E-state index in [4.69, 9.17) is 10.5 Å². The monoisotopic (exact) mass is 484 g/mol. The van der Waals surface area contributed by atoms with E-state index in [0.29, 0.717) is 13.2 Å². The summed E-state index contributed by atoms with van der Waals surface area (Å²) in [6.45, 7) is 8.80. The molecule has 2 heterocycles. The van der Waals surface area contributed by atoms with Crippen LogP contribution in [0.4, 0.5) is 0 Å². The van der Waals surface area contributed by atoms with Crippen molar-refractivity contribution in [3.8, 4) is 0 Å². The molecule has 0 bridgehead atoms.